The number of hydrogen-bond donors (Lipinski definition) is 8. The van der Waals surface area contributed by atoms with Crippen LogP contribution in [0.3, 0.4) is 0 Å². The number of nitrogen functional groups attached to an aromatic ring is 1. The summed E-state index contributed by atoms with van der Waals surface area (Å²) in [6.45, 7) is 0. The number of rotatable bonds is 12. The van der Waals surface area contributed by atoms with E-state index in [9.17, 15) is 61.4 Å². The molecule has 0 fully saturated rings. The first-order chi connectivity index (χ1) is 27.9. The van der Waals surface area contributed by atoms with Gasteiger partial charge in [0.1, 0.15) is 31.7 Å². The molecule has 1 heterocycles. The van der Waals surface area contributed by atoms with Crippen LogP contribution in [0.25, 0.3) is 10.8 Å². The Balaban J connectivity index is 0.00000352. The van der Waals surface area contributed by atoms with Crippen molar-refractivity contribution in [3.05, 3.63) is 90.0 Å². The van der Waals surface area contributed by atoms with Crippen LogP contribution in [0.4, 0.5) is 56.1 Å². The molecular weight excluding hydrogens is 995 g/mol. The van der Waals surface area contributed by atoms with E-state index in [4.69, 9.17) is 17.3 Å². The number of nitrogens with zero attached hydrogens (tertiary/aromatic N) is 7. The van der Waals surface area contributed by atoms with Gasteiger partial charge in [-0.1, -0.05) is 17.7 Å². The van der Waals surface area contributed by atoms with Crippen molar-refractivity contribution in [1.29, 1.82) is 0 Å². The number of azo groups is 2. The molecule has 1 aromatic heterocycles. The van der Waals surface area contributed by atoms with Crippen molar-refractivity contribution in [2.24, 2.45) is 20.5 Å². The molecule has 0 aliphatic heterocycles. The number of anilines is 5. The average Bonchev–Trinajstić information content (AvgIpc) is 3.12. The quantitative estimate of drug-likeness (QED) is 0.0350. The third kappa shape index (κ3) is 14.1. The molecule has 6 aromatic rings. The number of fused-ring (bicyclic) bond motifs is 1. The Bertz CT molecular complexity index is 3290. The topological polar surface area (TPSA) is 376 Å². The number of phenols is 1. The molecule has 0 aliphatic rings. The van der Waals surface area contributed by atoms with Gasteiger partial charge < -0.3 is 21.5 Å². The SMILES string of the molecule is Nc1c(N=Nc2ccc(S(=O)(=O)O)cc2)c(S(=O)(=O)O)cc2cc(S(=O)(=O)O)c(N=Nc3cc(Nc4nc(F)nc(Nc5cccc(Cl)c5)n4)ccc3S(=O)(=O)O)c(O)c12.[Na].[Na].[Na].[Na]. The van der Waals surface area contributed by atoms with Gasteiger partial charge in [0.15, 0.2) is 5.75 Å². The molecule has 9 N–H and O–H groups in total. The number of nitrogens with one attached hydrogen (secondary N) is 2. The van der Waals surface area contributed by atoms with Crippen LogP contribution >= 0.6 is 11.6 Å². The van der Waals surface area contributed by atoms with Gasteiger partial charge in [0.05, 0.1) is 21.7 Å². The number of halogens is 2. The van der Waals surface area contributed by atoms with Crippen molar-refractivity contribution >= 4 is 233 Å². The van der Waals surface area contributed by atoms with E-state index in [-0.39, 0.29) is 136 Å². The zero-order valence-electron chi connectivity index (χ0n) is 33.1. The first-order valence-corrected chi connectivity index (χ1v) is 21.8. The third-order valence-corrected chi connectivity index (χ3v) is 11.4. The van der Waals surface area contributed by atoms with Crippen LogP contribution < -0.4 is 16.4 Å². The van der Waals surface area contributed by atoms with Crippen LogP contribution in [0.2, 0.25) is 5.02 Å². The number of hydrogen-bond acceptors (Lipinski definition) is 19. The van der Waals surface area contributed by atoms with Crippen molar-refractivity contribution in [3.63, 3.8) is 0 Å². The van der Waals surface area contributed by atoms with E-state index in [1.165, 1.54) is 6.07 Å². The predicted octanol–water partition coefficient (Wildman–Crippen LogP) is 4.89. The fourth-order valence-corrected chi connectivity index (χ4v) is 7.78. The van der Waals surface area contributed by atoms with Gasteiger partial charge in [0, 0.05) is 135 Å². The largest absolute Gasteiger partial charge is 0.505 e. The van der Waals surface area contributed by atoms with E-state index in [1.807, 2.05) is 0 Å². The molecule has 4 radical (unpaired) electrons. The molecule has 64 heavy (non-hydrogen) atoms. The Morgan fingerprint density at radius 2 is 1.11 bits per heavy atom. The van der Waals surface area contributed by atoms with E-state index in [0.29, 0.717) is 22.8 Å². The van der Waals surface area contributed by atoms with E-state index in [2.05, 4.69) is 46.0 Å². The smallest absolute Gasteiger partial charge is 0.315 e. The first-order valence-electron chi connectivity index (χ1n) is 15.7. The van der Waals surface area contributed by atoms with Crippen molar-refractivity contribution in [1.82, 2.24) is 15.0 Å². The summed E-state index contributed by atoms with van der Waals surface area (Å²) in [4.78, 5) is 7.25. The average molecular weight is 1020 g/mol. The molecule has 6 rings (SSSR count). The van der Waals surface area contributed by atoms with E-state index in [1.54, 1.807) is 18.2 Å². The second kappa shape index (κ2) is 22.6. The van der Waals surface area contributed by atoms with E-state index < -0.39 is 111 Å². The van der Waals surface area contributed by atoms with Gasteiger partial charge in [-0.2, -0.15) is 58.1 Å². The molecule has 0 bridgehead atoms. The fraction of sp³-hybridized carbons (Fsp3) is 0. The van der Waals surface area contributed by atoms with Gasteiger partial charge in [0.25, 0.3) is 40.5 Å². The summed E-state index contributed by atoms with van der Waals surface area (Å²) in [6.07, 6.45) is -1.27. The van der Waals surface area contributed by atoms with E-state index >= 15 is 0 Å². The Morgan fingerprint density at radius 3 is 1.62 bits per heavy atom. The second-order valence-corrected chi connectivity index (χ2v) is 17.8. The van der Waals surface area contributed by atoms with Crippen LogP contribution in [0.5, 0.6) is 5.75 Å². The zero-order chi connectivity index (χ0) is 43.9. The molecule has 316 valence electrons. The molecule has 0 atom stereocenters. The number of nitrogens with two attached hydrogens (primary N) is 1. The maximum atomic E-state index is 14.4. The van der Waals surface area contributed by atoms with Crippen LogP contribution in [-0.2, 0) is 40.5 Å². The van der Waals surface area contributed by atoms with Gasteiger partial charge >= 0.3 is 6.08 Å². The van der Waals surface area contributed by atoms with Crippen molar-refractivity contribution in [2.75, 3.05) is 16.4 Å². The number of aromatic hydroxyl groups is 1. The third-order valence-electron chi connectivity index (χ3n) is 7.71. The van der Waals surface area contributed by atoms with Crippen LogP contribution in [-0.4, -0.2) is 190 Å². The molecular formula is C31H22ClFN10Na4O13S4. The standard InChI is InChI=1S/C31H22ClFN10O13S4.4Na/c32-15-2-1-3-17(12-15)35-30-37-29(33)38-31(39-30)36-18-6-9-21(58(48,49)50)20(13-18)41-43-27-23(60(54,55)56)11-14-10-22(59(51,52)53)26(25(34)24(14)28(27)44)42-40-16-4-7-19(8-5-16)57(45,46)47;;;;/h1-13,44H,34H2,(H,45,46,47)(H,48,49,50)(H,51,52,53)(H,54,55,56)(H2,35,36,37,38,39);;;;. The van der Waals surface area contributed by atoms with Gasteiger partial charge in [-0.25, -0.2) is 0 Å². The first kappa shape index (κ1) is 57.8. The Labute approximate surface area is 455 Å². The molecule has 5 aromatic carbocycles. The van der Waals surface area contributed by atoms with Gasteiger partial charge in [-0.05, 0) is 78.2 Å². The van der Waals surface area contributed by atoms with Gasteiger partial charge in [0.2, 0.25) is 11.9 Å². The number of benzene rings is 5. The molecule has 0 amide bonds. The summed E-state index contributed by atoms with van der Waals surface area (Å²) in [5.74, 6) is -1.98. The minimum Gasteiger partial charge on any atom is -0.505 e. The predicted molar refractivity (Wildman–Crippen MR) is 231 cm³/mol. The Hall–Kier alpha value is -2.37. The summed E-state index contributed by atoms with van der Waals surface area (Å²) >= 11 is 5.98. The molecule has 33 heteroatoms. The summed E-state index contributed by atoms with van der Waals surface area (Å²) in [5, 5.41) is 30.6. The molecule has 0 unspecified atom stereocenters. The molecule has 23 nitrogen and oxygen atoms in total. The number of phenolic OH excluding ortho intramolecular Hbond substituents is 1. The molecule has 0 spiro atoms. The van der Waals surface area contributed by atoms with Crippen LogP contribution in [0.1, 0.15) is 0 Å². The van der Waals surface area contributed by atoms with Crippen molar-refractivity contribution in [3.8, 4) is 5.75 Å². The normalized spacial score (nSPS) is 11.9. The molecule has 0 aliphatic carbocycles. The van der Waals surface area contributed by atoms with Crippen molar-refractivity contribution in [2.45, 2.75) is 19.6 Å². The molecule has 0 saturated carbocycles. The van der Waals surface area contributed by atoms with Crippen LogP contribution in [0, 0.1) is 6.08 Å². The summed E-state index contributed by atoms with van der Waals surface area (Å²) < 4.78 is 151. The second-order valence-electron chi connectivity index (χ2n) is 11.8. The maximum Gasteiger partial charge on any atom is 0.315 e. The minimum absolute atomic E-state index is 0. The van der Waals surface area contributed by atoms with Crippen LogP contribution in [0.15, 0.2) is 119 Å². The van der Waals surface area contributed by atoms with E-state index in [0.717, 1.165) is 42.5 Å². The van der Waals surface area contributed by atoms with Gasteiger partial charge in [-0.3, -0.25) is 18.2 Å². The summed E-state index contributed by atoms with van der Waals surface area (Å²) in [7, 11) is -20.4. The van der Waals surface area contributed by atoms with Gasteiger partial charge in [-0.15, -0.1) is 15.3 Å². The fourth-order valence-electron chi connectivity index (χ4n) is 5.18. The number of aromatic nitrogens is 3. The maximum absolute atomic E-state index is 14.4. The monoisotopic (exact) mass is 1020 g/mol. The molecule has 0 saturated heterocycles. The summed E-state index contributed by atoms with van der Waals surface area (Å²) in [5.41, 5.74) is 2.72. The minimum atomic E-state index is -5.42. The Kier molecular flexibility index (Phi) is 20.4. The zero-order valence-corrected chi connectivity index (χ0v) is 45.1. The Morgan fingerprint density at radius 1 is 0.594 bits per heavy atom. The van der Waals surface area contributed by atoms with Crippen molar-refractivity contribution < 1.29 is 61.4 Å². The summed E-state index contributed by atoms with van der Waals surface area (Å²) in [6, 6.07) is 14.0.